The first kappa shape index (κ1) is 42.2. The van der Waals surface area contributed by atoms with E-state index in [2.05, 4.69) is 35.8 Å². The van der Waals surface area contributed by atoms with Gasteiger partial charge in [0, 0.05) is 27.2 Å². The van der Waals surface area contributed by atoms with Crippen molar-refractivity contribution in [1.82, 2.24) is 15.0 Å². The SMILES string of the molecule is O=C(O)c1ccc[n+](-c2nc(Nc3cccc(S(=O)(=O)O)c3)nc(Nc3ccc(N=Nc4cc(S(=O)(=O)O)c5cccc(S(=O)(=O)O)c5c4)c4cccc(S(=O)(=O)O)c34)n2)c1. The Labute approximate surface area is 343 Å². The van der Waals surface area contributed by atoms with E-state index in [9.17, 15) is 61.8 Å². The van der Waals surface area contributed by atoms with Crippen LogP contribution in [0.25, 0.3) is 27.5 Å². The van der Waals surface area contributed by atoms with Crippen molar-refractivity contribution in [3.05, 3.63) is 115 Å². The minimum atomic E-state index is -5.01. The molecular weight excluding hydrogens is 885 g/mol. The fourth-order valence-electron chi connectivity index (χ4n) is 5.98. The van der Waals surface area contributed by atoms with E-state index in [1.807, 2.05) is 0 Å². The van der Waals surface area contributed by atoms with Crippen LogP contribution in [0.4, 0.5) is 34.6 Å². The Balaban J connectivity index is 1.38. The first-order valence-corrected chi connectivity index (χ1v) is 22.4. The van der Waals surface area contributed by atoms with Gasteiger partial charge in [0.1, 0.15) is 14.7 Å². The molecule has 312 valence electrons. The molecular formula is C35H25N8O14S4+. The van der Waals surface area contributed by atoms with Crippen LogP contribution in [0.5, 0.6) is 0 Å². The lowest BCUT2D eigenvalue weighted by Gasteiger charge is -2.13. The molecule has 0 atom stereocenters. The van der Waals surface area contributed by atoms with Gasteiger partial charge in [-0.15, -0.1) is 10.1 Å². The zero-order valence-corrected chi connectivity index (χ0v) is 33.4. The summed E-state index contributed by atoms with van der Waals surface area (Å²) in [4.78, 5) is 22.1. The molecule has 0 aliphatic rings. The number of nitrogens with zero attached hydrogens (tertiary/aromatic N) is 6. The van der Waals surface area contributed by atoms with Gasteiger partial charge in [0.15, 0.2) is 0 Å². The molecule has 0 spiro atoms. The fraction of sp³-hybridized carbons (Fsp3) is 0. The molecule has 22 nitrogen and oxygen atoms in total. The van der Waals surface area contributed by atoms with Gasteiger partial charge in [0.25, 0.3) is 40.5 Å². The minimum Gasteiger partial charge on any atom is -0.478 e. The number of benzene rings is 5. The summed E-state index contributed by atoms with van der Waals surface area (Å²) in [6, 6.07) is 19.2. The van der Waals surface area contributed by atoms with Crippen LogP contribution in [0, 0.1) is 0 Å². The van der Waals surface area contributed by atoms with Crippen LogP contribution in [-0.4, -0.2) is 77.9 Å². The van der Waals surface area contributed by atoms with E-state index in [1.54, 1.807) is 0 Å². The van der Waals surface area contributed by atoms with Crippen molar-refractivity contribution in [2.75, 3.05) is 10.6 Å². The lowest BCUT2D eigenvalue weighted by Crippen LogP contribution is -2.34. The molecule has 26 heteroatoms. The molecule has 61 heavy (non-hydrogen) atoms. The maximum atomic E-state index is 12.8. The number of azo groups is 1. The van der Waals surface area contributed by atoms with Gasteiger partial charge in [0.05, 0.1) is 39.9 Å². The smallest absolute Gasteiger partial charge is 0.444 e. The summed E-state index contributed by atoms with van der Waals surface area (Å²) in [5.74, 6) is -2.09. The van der Waals surface area contributed by atoms with Gasteiger partial charge in [-0.1, -0.05) is 30.3 Å². The summed E-state index contributed by atoms with van der Waals surface area (Å²) < 4.78 is 139. The Morgan fingerprint density at radius 3 is 1.89 bits per heavy atom. The van der Waals surface area contributed by atoms with Crippen LogP contribution in [0.1, 0.15) is 10.4 Å². The number of aromatic nitrogens is 4. The molecule has 0 unspecified atom stereocenters. The van der Waals surface area contributed by atoms with E-state index in [1.165, 1.54) is 71.6 Å². The summed E-state index contributed by atoms with van der Waals surface area (Å²) in [6.07, 6.45) is 2.58. The summed E-state index contributed by atoms with van der Waals surface area (Å²) >= 11 is 0. The van der Waals surface area contributed by atoms with Crippen LogP contribution >= 0.6 is 0 Å². The molecule has 2 heterocycles. The molecule has 0 aliphatic heterocycles. The highest BCUT2D eigenvalue weighted by molar-refractivity contribution is 7.87. The second-order valence-corrected chi connectivity index (χ2v) is 18.2. The molecule has 0 saturated carbocycles. The Kier molecular flexibility index (Phi) is 10.8. The Morgan fingerprint density at radius 1 is 0.590 bits per heavy atom. The van der Waals surface area contributed by atoms with Gasteiger partial charge in [-0.2, -0.15) is 38.8 Å². The van der Waals surface area contributed by atoms with Gasteiger partial charge in [-0.05, 0) is 76.7 Å². The van der Waals surface area contributed by atoms with Crippen LogP contribution in [0.3, 0.4) is 0 Å². The van der Waals surface area contributed by atoms with Crippen molar-refractivity contribution in [3.63, 3.8) is 0 Å². The lowest BCUT2D eigenvalue weighted by molar-refractivity contribution is -0.603. The highest BCUT2D eigenvalue weighted by atomic mass is 32.2. The van der Waals surface area contributed by atoms with E-state index in [0.717, 1.165) is 42.5 Å². The number of carboxylic acid groups (broad SMARTS) is 1. The van der Waals surface area contributed by atoms with Gasteiger partial charge >= 0.3 is 23.8 Å². The number of rotatable bonds is 12. The Hall–Kier alpha value is -6.91. The molecule has 2 aromatic heterocycles. The number of fused-ring (bicyclic) bond motifs is 2. The number of carboxylic acids is 1. The molecule has 0 aliphatic carbocycles. The molecule has 7 aromatic rings. The number of aromatic carboxylic acids is 1. The Bertz CT molecular complexity index is 3480. The first-order chi connectivity index (χ1) is 28.6. The van der Waals surface area contributed by atoms with E-state index in [-0.39, 0.29) is 67.7 Å². The third-order valence-corrected chi connectivity index (χ3v) is 12.1. The average molecular weight is 910 g/mol. The van der Waals surface area contributed by atoms with Crippen LogP contribution in [0.2, 0.25) is 0 Å². The molecule has 0 bridgehead atoms. The third kappa shape index (κ3) is 9.15. The van der Waals surface area contributed by atoms with E-state index in [4.69, 9.17) is 0 Å². The first-order valence-electron chi connectivity index (χ1n) is 16.7. The van der Waals surface area contributed by atoms with Gasteiger partial charge < -0.3 is 15.7 Å². The number of hydrogen-bond donors (Lipinski definition) is 7. The maximum absolute atomic E-state index is 12.8. The molecule has 0 amide bonds. The fourth-order valence-corrected chi connectivity index (χ4v) is 8.66. The monoisotopic (exact) mass is 909 g/mol. The zero-order valence-electron chi connectivity index (χ0n) is 30.1. The molecule has 5 aromatic carbocycles. The highest BCUT2D eigenvalue weighted by Crippen LogP contribution is 2.39. The Morgan fingerprint density at radius 2 is 1.23 bits per heavy atom. The van der Waals surface area contributed by atoms with Crippen molar-refractivity contribution in [1.29, 1.82) is 0 Å². The summed E-state index contributed by atoms with van der Waals surface area (Å²) in [5.41, 5.74) is -0.609. The predicted molar refractivity (Wildman–Crippen MR) is 213 cm³/mol. The van der Waals surface area contributed by atoms with Gasteiger partial charge in [-0.25, -0.2) is 9.36 Å². The maximum Gasteiger partial charge on any atom is 0.444 e. The molecule has 0 radical (unpaired) electrons. The van der Waals surface area contributed by atoms with Crippen molar-refractivity contribution in [3.8, 4) is 5.95 Å². The van der Waals surface area contributed by atoms with Crippen molar-refractivity contribution in [2.45, 2.75) is 19.6 Å². The topological polar surface area (TPSA) is 346 Å². The average Bonchev–Trinajstić information content (AvgIpc) is 3.18. The number of nitrogens with one attached hydrogen (secondary N) is 2. The largest absolute Gasteiger partial charge is 0.478 e. The molecule has 0 saturated heterocycles. The normalized spacial score (nSPS) is 12.5. The van der Waals surface area contributed by atoms with E-state index < -0.39 is 66.0 Å². The molecule has 7 N–H and O–H groups in total. The molecule has 7 rings (SSSR count). The third-order valence-electron chi connectivity index (χ3n) is 8.53. The van der Waals surface area contributed by atoms with Crippen LogP contribution < -0.4 is 15.2 Å². The molecule has 0 fully saturated rings. The number of hydrogen-bond acceptors (Lipinski definition) is 16. The number of pyridine rings is 1. The van der Waals surface area contributed by atoms with Crippen molar-refractivity contribution < 1.29 is 66.4 Å². The standard InChI is InChI=1S/C35H24N8O14S4/c44-32(45)19-5-4-14-43(18-19)35-39-33(36-20-6-1-7-22(15-20)58(46,47)48)38-34(40-35)37-27-13-12-26(24-9-3-11-29(31(24)27)60(52,53)54)42-41-21-16-25-23(30(17-21)61(55,56)57)8-2-10-28(25)59(49,50)51/h1-18H,(H6-,36,37,38,39,40,41,44,45,46,47,48,49,50,51,52,53,54,55,56,57)/p+1. The summed E-state index contributed by atoms with van der Waals surface area (Å²) in [6.45, 7) is 0. The van der Waals surface area contributed by atoms with E-state index >= 15 is 0 Å². The van der Waals surface area contributed by atoms with E-state index in [0.29, 0.717) is 0 Å². The van der Waals surface area contributed by atoms with Crippen LogP contribution in [0.15, 0.2) is 139 Å². The second kappa shape index (κ2) is 15.6. The highest BCUT2D eigenvalue weighted by Gasteiger charge is 2.25. The second-order valence-electron chi connectivity index (χ2n) is 12.6. The number of carbonyl (C=O) groups is 1. The van der Waals surface area contributed by atoms with Crippen molar-refractivity contribution in [2.24, 2.45) is 10.2 Å². The van der Waals surface area contributed by atoms with Crippen molar-refractivity contribution >= 4 is 103 Å². The summed E-state index contributed by atoms with van der Waals surface area (Å²) in [7, 11) is -19.6. The minimum absolute atomic E-state index is 0.00326. The lowest BCUT2D eigenvalue weighted by atomic mass is 10.1. The van der Waals surface area contributed by atoms with Crippen LogP contribution in [-0.2, 0) is 40.5 Å². The quantitative estimate of drug-likeness (QED) is 0.0479. The number of anilines is 4. The van der Waals surface area contributed by atoms with Gasteiger partial charge in [-0.3, -0.25) is 18.2 Å². The predicted octanol–water partition coefficient (Wildman–Crippen LogP) is 5.04. The van der Waals surface area contributed by atoms with Gasteiger partial charge in [0.2, 0.25) is 0 Å². The summed E-state index contributed by atoms with van der Waals surface area (Å²) in [5, 5.41) is 22.5. The zero-order chi connectivity index (χ0) is 44.1.